The van der Waals surface area contributed by atoms with E-state index in [1.807, 2.05) is 66.7 Å². The summed E-state index contributed by atoms with van der Waals surface area (Å²) in [6, 6.07) is 23.1. The van der Waals surface area contributed by atoms with Crippen molar-refractivity contribution in [1.82, 2.24) is 9.55 Å². The summed E-state index contributed by atoms with van der Waals surface area (Å²) < 4.78 is 15.1. The van der Waals surface area contributed by atoms with E-state index in [0.717, 1.165) is 5.56 Å². The first kappa shape index (κ1) is 16.0. The van der Waals surface area contributed by atoms with Crippen molar-refractivity contribution in [2.75, 3.05) is 0 Å². The zero-order valence-corrected chi connectivity index (χ0v) is 13.8. The van der Waals surface area contributed by atoms with Gasteiger partial charge in [0.1, 0.15) is 11.6 Å². The molecule has 1 aromatic heterocycles. The lowest BCUT2D eigenvalue weighted by Crippen LogP contribution is -2.22. The number of benzene rings is 3. The molecular formula is C22H15FN2O. The van der Waals surface area contributed by atoms with Gasteiger partial charge in [0.2, 0.25) is 0 Å². The third kappa shape index (κ3) is 3.05. The Kier molecular flexibility index (Phi) is 4.15. The Morgan fingerprint density at radius 1 is 0.846 bits per heavy atom. The van der Waals surface area contributed by atoms with E-state index in [1.54, 1.807) is 10.6 Å². The molecule has 0 atom stereocenters. The van der Waals surface area contributed by atoms with Crippen LogP contribution in [0.1, 0.15) is 11.4 Å². The van der Waals surface area contributed by atoms with Crippen LogP contribution in [0.25, 0.3) is 28.7 Å². The quantitative estimate of drug-likeness (QED) is 0.541. The van der Waals surface area contributed by atoms with Crippen LogP contribution >= 0.6 is 0 Å². The summed E-state index contributed by atoms with van der Waals surface area (Å²) in [5, 5.41) is 0.382. The van der Waals surface area contributed by atoms with Crippen LogP contribution in [0, 0.1) is 5.82 Å². The van der Waals surface area contributed by atoms with Crippen LogP contribution in [-0.2, 0) is 0 Å². The van der Waals surface area contributed by atoms with E-state index in [9.17, 15) is 9.18 Å². The highest BCUT2D eigenvalue weighted by Crippen LogP contribution is 2.16. The Labute approximate surface area is 149 Å². The smallest absolute Gasteiger partial charge is 0.266 e. The second-order valence-corrected chi connectivity index (χ2v) is 5.85. The molecule has 4 aromatic rings. The Bertz CT molecular complexity index is 1150. The summed E-state index contributed by atoms with van der Waals surface area (Å²) >= 11 is 0. The van der Waals surface area contributed by atoms with Crippen molar-refractivity contribution in [2.45, 2.75) is 0 Å². The van der Waals surface area contributed by atoms with E-state index in [2.05, 4.69) is 4.98 Å². The predicted molar refractivity (Wildman–Crippen MR) is 103 cm³/mol. The maximum absolute atomic E-state index is 13.6. The molecule has 0 saturated heterocycles. The van der Waals surface area contributed by atoms with Gasteiger partial charge in [0.25, 0.3) is 5.56 Å². The molecule has 0 bridgehead atoms. The van der Waals surface area contributed by atoms with Gasteiger partial charge in [-0.1, -0.05) is 54.6 Å². The molecule has 0 saturated carbocycles. The van der Waals surface area contributed by atoms with Crippen LogP contribution < -0.4 is 5.56 Å². The molecule has 0 aliphatic heterocycles. The SMILES string of the molecule is O=c1c2ccc(F)cc2nc(/C=C/c2ccccc2)n1-c1ccccc1. The summed E-state index contributed by atoms with van der Waals surface area (Å²) in [6.07, 6.45) is 3.65. The van der Waals surface area contributed by atoms with Gasteiger partial charge in [-0.3, -0.25) is 9.36 Å². The van der Waals surface area contributed by atoms with Crippen molar-refractivity contribution in [3.8, 4) is 5.69 Å². The molecule has 0 spiro atoms. The molecule has 3 nitrogen and oxygen atoms in total. The summed E-state index contributed by atoms with van der Waals surface area (Å²) in [5.74, 6) is 0.0306. The molecule has 0 aliphatic rings. The minimum Gasteiger partial charge on any atom is -0.268 e. The molecule has 126 valence electrons. The number of halogens is 1. The monoisotopic (exact) mass is 342 g/mol. The molecular weight excluding hydrogens is 327 g/mol. The summed E-state index contributed by atoms with van der Waals surface area (Å²) in [5.41, 5.74) is 1.81. The summed E-state index contributed by atoms with van der Waals surface area (Å²) in [4.78, 5) is 17.6. The standard InChI is InChI=1S/C22H15FN2O/c23-17-12-13-19-20(15-17)24-21(14-11-16-7-3-1-4-8-16)25(22(19)26)18-9-5-2-6-10-18/h1-15H/b14-11+. The molecule has 0 aliphatic carbocycles. The van der Waals surface area contributed by atoms with Crippen LogP contribution in [-0.4, -0.2) is 9.55 Å². The number of fused-ring (bicyclic) bond motifs is 1. The Morgan fingerprint density at radius 2 is 1.54 bits per heavy atom. The lowest BCUT2D eigenvalue weighted by atomic mass is 10.2. The first-order chi connectivity index (χ1) is 12.7. The number of aromatic nitrogens is 2. The van der Waals surface area contributed by atoms with E-state index in [-0.39, 0.29) is 5.56 Å². The highest BCUT2D eigenvalue weighted by Gasteiger charge is 2.11. The van der Waals surface area contributed by atoms with Crippen molar-refractivity contribution in [1.29, 1.82) is 0 Å². The molecule has 26 heavy (non-hydrogen) atoms. The number of hydrogen-bond acceptors (Lipinski definition) is 2. The minimum absolute atomic E-state index is 0.228. The lowest BCUT2D eigenvalue weighted by Gasteiger charge is -2.11. The van der Waals surface area contributed by atoms with Crippen LogP contribution in [0.2, 0.25) is 0 Å². The fourth-order valence-corrected chi connectivity index (χ4v) is 2.85. The number of rotatable bonds is 3. The van der Waals surface area contributed by atoms with Crippen LogP contribution in [0.3, 0.4) is 0 Å². The molecule has 1 heterocycles. The second-order valence-electron chi connectivity index (χ2n) is 5.85. The Balaban J connectivity index is 1.97. The fraction of sp³-hybridized carbons (Fsp3) is 0. The van der Waals surface area contributed by atoms with Crippen molar-refractivity contribution < 1.29 is 4.39 Å². The zero-order chi connectivity index (χ0) is 17.9. The lowest BCUT2D eigenvalue weighted by molar-refractivity contribution is 0.629. The molecule has 0 N–H and O–H groups in total. The van der Waals surface area contributed by atoms with Crippen molar-refractivity contribution in [3.63, 3.8) is 0 Å². The molecule has 4 heteroatoms. The van der Waals surface area contributed by atoms with E-state index in [4.69, 9.17) is 0 Å². The van der Waals surface area contributed by atoms with Gasteiger partial charge < -0.3 is 0 Å². The van der Waals surface area contributed by atoms with E-state index >= 15 is 0 Å². The van der Waals surface area contributed by atoms with Crippen molar-refractivity contribution in [2.24, 2.45) is 0 Å². The van der Waals surface area contributed by atoms with Crippen molar-refractivity contribution in [3.05, 3.63) is 106 Å². The maximum atomic E-state index is 13.6. The molecule has 0 fully saturated rings. The normalized spacial score (nSPS) is 11.3. The summed E-state index contributed by atoms with van der Waals surface area (Å²) in [7, 11) is 0. The first-order valence-electron chi connectivity index (χ1n) is 8.23. The summed E-state index contributed by atoms with van der Waals surface area (Å²) in [6.45, 7) is 0. The van der Waals surface area contributed by atoms with Gasteiger partial charge in [-0.15, -0.1) is 0 Å². The van der Waals surface area contributed by atoms with Gasteiger partial charge in [0, 0.05) is 6.07 Å². The molecule has 4 rings (SSSR count). The second kappa shape index (κ2) is 6.76. The fourth-order valence-electron chi connectivity index (χ4n) is 2.85. The van der Waals surface area contributed by atoms with Gasteiger partial charge in [-0.2, -0.15) is 0 Å². The van der Waals surface area contributed by atoms with Gasteiger partial charge in [-0.25, -0.2) is 9.37 Å². The highest BCUT2D eigenvalue weighted by atomic mass is 19.1. The topological polar surface area (TPSA) is 34.9 Å². The predicted octanol–water partition coefficient (Wildman–Crippen LogP) is 4.70. The highest BCUT2D eigenvalue weighted by molar-refractivity contribution is 5.80. The average Bonchev–Trinajstić information content (AvgIpc) is 2.67. The molecule has 0 unspecified atom stereocenters. The molecule has 3 aromatic carbocycles. The minimum atomic E-state index is -0.417. The third-order valence-electron chi connectivity index (χ3n) is 4.10. The number of hydrogen-bond donors (Lipinski definition) is 0. The first-order valence-corrected chi connectivity index (χ1v) is 8.23. The van der Waals surface area contributed by atoms with Crippen LogP contribution in [0.15, 0.2) is 83.7 Å². The van der Waals surface area contributed by atoms with Crippen LogP contribution in [0.4, 0.5) is 4.39 Å². The number of nitrogens with zero attached hydrogens (tertiary/aromatic N) is 2. The largest absolute Gasteiger partial charge is 0.268 e. The van der Waals surface area contributed by atoms with Crippen LogP contribution in [0.5, 0.6) is 0 Å². The van der Waals surface area contributed by atoms with Gasteiger partial charge >= 0.3 is 0 Å². The zero-order valence-electron chi connectivity index (χ0n) is 13.8. The van der Waals surface area contributed by atoms with E-state index in [0.29, 0.717) is 22.4 Å². The van der Waals surface area contributed by atoms with E-state index in [1.165, 1.54) is 18.2 Å². The van der Waals surface area contributed by atoms with E-state index < -0.39 is 5.82 Å². The average molecular weight is 342 g/mol. The molecule has 0 amide bonds. The van der Waals surface area contributed by atoms with Gasteiger partial charge in [0.15, 0.2) is 0 Å². The maximum Gasteiger partial charge on any atom is 0.266 e. The number of para-hydroxylation sites is 1. The van der Waals surface area contributed by atoms with Gasteiger partial charge in [0.05, 0.1) is 16.6 Å². The third-order valence-corrected chi connectivity index (χ3v) is 4.10. The Hall–Kier alpha value is -3.53. The van der Waals surface area contributed by atoms with Gasteiger partial charge in [-0.05, 0) is 35.9 Å². The Morgan fingerprint density at radius 3 is 2.27 bits per heavy atom. The molecule has 0 radical (unpaired) electrons. The van der Waals surface area contributed by atoms with Crippen molar-refractivity contribution >= 4 is 23.1 Å².